The maximum atomic E-state index is 12.4. The van der Waals surface area contributed by atoms with Gasteiger partial charge in [0.2, 0.25) is 0 Å². The highest BCUT2D eigenvalue weighted by Gasteiger charge is 2.34. The Morgan fingerprint density at radius 1 is 1.05 bits per heavy atom. The van der Waals surface area contributed by atoms with Crippen LogP contribution >= 0.6 is 0 Å². The highest BCUT2D eigenvalue weighted by molar-refractivity contribution is 5.84. The summed E-state index contributed by atoms with van der Waals surface area (Å²) in [6.07, 6.45) is 0.571. The minimum absolute atomic E-state index is 0.238. The van der Waals surface area contributed by atoms with E-state index in [9.17, 15) is 4.79 Å². The average molecular weight is 283 g/mol. The van der Waals surface area contributed by atoms with Crippen LogP contribution in [0.5, 0.6) is 0 Å². The molecule has 2 aromatic carbocycles. The lowest BCUT2D eigenvalue weighted by atomic mass is 9.92. The molecular weight excluding hydrogens is 262 g/mol. The van der Waals surface area contributed by atoms with E-state index in [1.54, 1.807) is 0 Å². The molecule has 0 aliphatic carbocycles. The fraction of sp³-hybridized carbons (Fsp3) is 0.278. The van der Waals surface area contributed by atoms with Crippen molar-refractivity contribution >= 4 is 11.7 Å². The zero-order chi connectivity index (χ0) is 15.1. The number of hydrogen-bond acceptors (Lipinski definition) is 3. The van der Waals surface area contributed by atoms with Gasteiger partial charge in [-0.3, -0.25) is 0 Å². The number of para-hydroxylation sites is 1. The van der Waals surface area contributed by atoms with Crippen LogP contribution in [0.25, 0.3) is 0 Å². The third-order valence-electron chi connectivity index (χ3n) is 3.32. The van der Waals surface area contributed by atoms with Crippen molar-refractivity contribution in [3.05, 3.63) is 66.2 Å². The van der Waals surface area contributed by atoms with Crippen LogP contribution in [0, 0.1) is 0 Å². The molecule has 0 fully saturated rings. The van der Waals surface area contributed by atoms with Crippen molar-refractivity contribution in [2.24, 2.45) is 0 Å². The van der Waals surface area contributed by atoms with Gasteiger partial charge in [-0.25, -0.2) is 4.79 Å². The number of carbonyl (C=O) groups is 1. The number of hydrogen-bond donors (Lipinski definition) is 1. The minimum Gasteiger partial charge on any atom is -0.464 e. The lowest BCUT2D eigenvalue weighted by Crippen LogP contribution is -2.46. The zero-order valence-corrected chi connectivity index (χ0v) is 12.5. The molecule has 0 heterocycles. The predicted octanol–water partition coefficient (Wildman–Crippen LogP) is 3.66. The van der Waals surface area contributed by atoms with E-state index in [-0.39, 0.29) is 5.97 Å². The van der Waals surface area contributed by atoms with Crippen molar-refractivity contribution in [2.75, 3.05) is 11.9 Å². The van der Waals surface area contributed by atoms with E-state index in [0.717, 1.165) is 11.3 Å². The number of nitrogens with one attached hydrogen (secondary N) is 1. The Bertz CT molecular complexity index is 525. The van der Waals surface area contributed by atoms with E-state index in [2.05, 4.69) is 5.32 Å². The number of esters is 1. The highest BCUT2D eigenvalue weighted by Crippen LogP contribution is 2.21. The Kier molecular flexibility index (Phi) is 4.99. The fourth-order valence-electron chi connectivity index (χ4n) is 2.30. The summed E-state index contributed by atoms with van der Waals surface area (Å²) >= 11 is 0. The summed E-state index contributed by atoms with van der Waals surface area (Å²) in [6, 6.07) is 19.7. The molecule has 21 heavy (non-hydrogen) atoms. The molecule has 3 nitrogen and oxygen atoms in total. The molecule has 0 unspecified atom stereocenters. The largest absolute Gasteiger partial charge is 0.464 e. The number of ether oxygens (including phenoxy) is 1. The predicted molar refractivity (Wildman–Crippen MR) is 85.2 cm³/mol. The standard InChI is InChI=1S/C18H21NO2/c1-3-21-17(20)18(2,14-15-10-6-4-7-11-15)19-16-12-8-5-9-13-16/h4-13,19H,3,14H2,1-2H3/t18-/m0/s1. The van der Waals surface area contributed by atoms with Crippen molar-refractivity contribution in [1.82, 2.24) is 0 Å². The molecule has 0 radical (unpaired) electrons. The van der Waals surface area contributed by atoms with Gasteiger partial charge in [-0.2, -0.15) is 0 Å². The van der Waals surface area contributed by atoms with Gasteiger partial charge in [0.1, 0.15) is 5.54 Å². The average Bonchev–Trinajstić information content (AvgIpc) is 2.49. The Morgan fingerprint density at radius 2 is 1.62 bits per heavy atom. The molecule has 0 saturated heterocycles. The molecule has 0 spiro atoms. The molecule has 110 valence electrons. The molecule has 0 amide bonds. The molecular formula is C18H21NO2. The van der Waals surface area contributed by atoms with E-state index in [1.807, 2.05) is 74.5 Å². The molecule has 1 atom stereocenters. The first-order valence-corrected chi connectivity index (χ1v) is 7.18. The van der Waals surface area contributed by atoms with Crippen LogP contribution in [0.15, 0.2) is 60.7 Å². The third-order valence-corrected chi connectivity index (χ3v) is 3.32. The minimum atomic E-state index is -0.793. The second-order valence-corrected chi connectivity index (χ2v) is 5.21. The van der Waals surface area contributed by atoms with Gasteiger partial charge < -0.3 is 10.1 Å². The van der Waals surface area contributed by atoms with Gasteiger partial charge in [0.15, 0.2) is 0 Å². The van der Waals surface area contributed by atoms with Crippen LogP contribution in [0.4, 0.5) is 5.69 Å². The molecule has 2 rings (SSSR count). The lowest BCUT2D eigenvalue weighted by molar-refractivity contribution is -0.148. The summed E-state index contributed by atoms with van der Waals surface area (Å²) in [7, 11) is 0. The topological polar surface area (TPSA) is 38.3 Å². The number of rotatable bonds is 6. The van der Waals surface area contributed by atoms with Crippen LogP contribution in [-0.4, -0.2) is 18.1 Å². The fourth-order valence-corrected chi connectivity index (χ4v) is 2.30. The first kappa shape index (κ1) is 15.1. The molecule has 1 N–H and O–H groups in total. The van der Waals surface area contributed by atoms with E-state index in [0.29, 0.717) is 13.0 Å². The Labute approximate surface area is 126 Å². The van der Waals surface area contributed by atoms with Crippen LogP contribution in [-0.2, 0) is 16.0 Å². The maximum absolute atomic E-state index is 12.4. The SMILES string of the molecule is CCOC(=O)[C@](C)(Cc1ccccc1)Nc1ccccc1. The number of carbonyl (C=O) groups excluding carboxylic acids is 1. The Balaban J connectivity index is 2.23. The summed E-state index contributed by atoms with van der Waals surface area (Å²) in [5.74, 6) is -0.238. The lowest BCUT2D eigenvalue weighted by Gasteiger charge is -2.29. The molecule has 0 aliphatic heterocycles. The molecule has 2 aromatic rings. The molecule has 3 heteroatoms. The van der Waals surface area contributed by atoms with Crippen molar-refractivity contribution in [3.8, 4) is 0 Å². The normalized spacial score (nSPS) is 13.2. The molecule has 0 aromatic heterocycles. The monoisotopic (exact) mass is 283 g/mol. The van der Waals surface area contributed by atoms with Crippen LogP contribution in [0.1, 0.15) is 19.4 Å². The summed E-state index contributed by atoms with van der Waals surface area (Å²) in [4.78, 5) is 12.4. The summed E-state index contributed by atoms with van der Waals surface area (Å²) < 4.78 is 5.25. The van der Waals surface area contributed by atoms with Crippen molar-refractivity contribution in [1.29, 1.82) is 0 Å². The summed E-state index contributed by atoms with van der Waals surface area (Å²) in [5, 5.41) is 3.31. The van der Waals surface area contributed by atoms with E-state index >= 15 is 0 Å². The van der Waals surface area contributed by atoms with Gasteiger partial charge in [0, 0.05) is 12.1 Å². The van der Waals surface area contributed by atoms with E-state index in [1.165, 1.54) is 0 Å². The van der Waals surface area contributed by atoms with Gasteiger partial charge >= 0.3 is 5.97 Å². The van der Waals surface area contributed by atoms with Gasteiger partial charge in [-0.1, -0.05) is 48.5 Å². The van der Waals surface area contributed by atoms with Crippen molar-refractivity contribution < 1.29 is 9.53 Å². The van der Waals surface area contributed by atoms with Gasteiger partial charge in [0.25, 0.3) is 0 Å². The van der Waals surface area contributed by atoms with Crippen molar-refractivity contribution in [3.63, 3.8) is 0 Å². The van der Waals surface area contributed by atoms with Crippen LogP contribution in [0.3, 0.4) is 0 Å². The molecule has 0 saturated carbocycles. The number of benzene rings is 2. The first-order valence-electron chi connectivity index (χ1n) is 7.18. The second kappa shape index (κ2) is 6.93. The number of anilines is 1. The smallest absolute Gasteiger partial charge is 0.331 e. The van der Waals surface area contributed by atoms with Crippen molar-refractivity contribution in [2.45, 2.75) is 25.8 Å². The third kappa shape index (κ3) is 4.09. The Morgan fingerprint density at radius 3 is 2.19 bits per heavy atom. The van der Waals surface area contributed by atoms with E-state index < -0.39 is 5.54 Å². The molecule has 0 aliphatic rings. The summed E-state index contributed by atoms with van der Waals surface area (Å²) in [5.41, 5.74) is 1.21. The highest BCUT2D eigenvalue weighted by atomic mass is 16.5. The summed E-state index contributed by atoms with van der Waals surface area (Å²) in [6.45, 7) is 4.08. The Hall–Kier alpha value is -2.29. The van der Waals surface area contributed by atoms with Gasteiger partial charge in [-0.15, -0.1) is 0 Å². The van der Waals surface area contributed by atoms with Gasteiger partial charge in [0.05, 0.1) is 6.61 Å². The van der Waals surface area contributed by atoms with Gasteiger partial charge in [-0.05, 0) is 31.5 Å². The zero-order valence-electron chi connectivity index (χ0n) is 12.5. The quantitative estimate of drug-likeness (QED) is 0.822. The second-order valence-electron chi connectivity index (χ2n) is 5.21. The van der Waals surface area contributed by atoms with Crippen LogP contribution < -0.4 is 5.32 Å². The van der Waals surface area contributed by atoms with E-state index in [4.69, 9.17) is 4.74 Å². The first-order chi connectivity index (χ1) is 10.1. The maximum Gasteiger partial charge on any atom is 0.331 e. The molecule has 0 bridgehead atoms. The van der Waals surface area contributed by atoms with Crippen LogP contribution in [0.2, 0.25) is 0 Å².